The quantitative estimate of drug-likeness (QED) is 0.217. The summed E-state index contributed by atoms with van der Waals surface area (Å²) in [6.07, 6.45) is 12.2. The molecule has 0 bridgehead atoms. The van der Waals surface area contributed by atoms with Crippen molar-refractivity contribution in [2.24, 2.45) is 4.99 Å². The first-order valence-electron chi connectivity index (χ1n) is 9.87. The van der Waals surface area contributed by atoms with Gasteiger partial charge in [0.1, 0.15) is 0 Å². The second-order valence-electron chi connectivity index (χ2n) is 6.62. The predicted molar refractivity (Wildman–Crippen MR) is 117 cm³/mol. The van der Waals surface area contributed by atoms with E-state index < -0.39 is 0 Å². The van der Waals surface area contributed by atoms with E-state index in [4.69, 9.17) is 5.26 Å². The van der Waals surface area contributed by atoms with E-state index in [1.807, 2.05) is 25.4 Å². The van der Waals surface area contributed by atoms with Gasteiger partial charge in [-0.1, -0.05) is 51.0 Å². The van der Waals surface area contributed by atoms with Gasteiger partial charge in [0.05, 0.1) is 0 Å². The van der Waals surface area contributed by atoms with Crippen LogP contribution in [0.1, 0.15) is 56.2 Å². The number of nitrogens with one attached hydrogen (secondary N) is 2. The fourth-order valence-electron chi connectivity index (χ4n) is 2.81. The monoisotopic (exact) mass is 375 g/mol. The highest BCUT2D eigenvalue weighted by atomic mass is 15.2. The minimum absolute atomic E-state index is 0.475. The maximum absolute atomic E-state index is 9.00. The highest BCUT2D eigenvalue weighted by Crippen LogP contribution is 2.28. The molecule has 1 aromatic heterocycles. The molecule has 2 rings (SSSR count). The van der Waals surface area contributed by atoms with Gasteiger partial charge in [-0.2, -0.15) is 5.26 Å². The minimum Gasteiger partial charge on any atom is -0.325 e. The number of benzene rings is 1. The van der Waals surface area contributed by atoms with Crippen LogP contribution in [-0.2, 0) is 0 Å². The smallest absolute Gasteiger partial charge is 0.209 e. The number of nitriles is 1. The summed E-state index contributed by atoms with van der Waals surface area (Å²) in [5, 5.41) is 14.9. The number of anilines is 1. The summed E-state index contributed by atoms with van der Waals surface area (Å²) < 4.78 is 0. The Hall–Kier alpha value is -3.13. The number of rotatable bonds is 8. The lowest BCUT2D eigenvalue weighted by atomic mass is 9.96. The fourth-order valence-corrected chi connectivity index (χ4v) is 2.81. The Morgan fingerprint density at radius 2 is 2.07 bits per heavy atom. The molecule has 28 heavy (non-hydrogen) atoms. The Bertz CT molecular complexity index is 847. The fraction of sp³-hybridized carbons (Fsp3) is 0.348. The van der Waals surface area contributed by atoms with E-state index in [9.17, 15) is 0 Å². The van der Waals surface area contributed by atoms with Gasteiger partial charge in [0.15, 0.2) is 6.19 Å². The molecule has 0 radical (unpaired) electrons. The van der Waals surface area contributed by atoms with Gasteiger partial charge in [0, 0.05) is 30.2 Å². The summed E-state index contributed by atoms with van der Waals surface area (Å²) in [6, 6.07) is 10.4. The van der Waals surface area contributed by atoms with Crippen LogP contribution in [0.15, 0.2) is 53.8 Å². The Kier molecular flexibility index (Phi) is 8.74. The van der Waals surface area contributed by atoms with Crippen molar-refractivity contribution in [1.82, 2.24) is 10.3 Å². The number of pyridine rings is 1. The second kappa shape index (κ2) is 11.6. The summed E-state index contributed by atoms with van der Waals surface area (Å²) >= 11 is 0. The molecule has 0 saturated carbocycles. The summed E-state index contributed by atoms with van der Waals surface area (Å²) in [6.45, 7) is 6.96. The van der Waals surface area contributed by atoms with Gasteiger partial charge in [0.25, 0.3) is 0 Å². The van der Waals surface area contributed by atoms with Gasteiger partial charge < -0.3 is 5.32 Å². The number of hydrogen-bond acceptors (Lipinski definition) is 3. The molecule has 0 fully saturated rings. The van der Waals surface area contributed by atoms with Crippen LogP contribution in [0.2, 0.25) is 0 Å². The predicted octanol–water partition coefficient (Wildman–Crippen LogP) is 5.26. The van der Waals surface area contributed by atoms with Crippen LogP contribution >= 0.6 is 0 Å². The Balaban J connectivity index is 2.39. The van der Waals surface area contributed by atoms with Gasteiger partial charge in [0.2, 0.25) is 5.96 Å². The number of aryl methyl sites for hydroxylation is 1. The molecule has 0 aliphatic heterocycles. The van der Waals surface area contributed by atoms with Gasteiger partial charge in [-0.15, -0.1) is 0 Å². The van der Waals surface area contributed by atoms with Crippen LogP contribution in [0.25, 0.3) is 5.57 Å². The van der Waals surface area contributed by atoms with Crippen molar-refractivity contribution in [2.45, 2.75) is 46.5 Å². The normalized spacial score (nSPS) is 11.8. The van der Waals surface area contributed by atoms with Crippen molar-refractivity contribution in [1.29, 1.82) is 5.26 Å². The molecule has 1 heterocycles. The van der Waals surface area contributed by atoms with Crippen molar-refractivity contribution < 1.29 is 0 Å². The maximum Gasteiger partial charge on any atom is 0.209 e. The molecular weight excluding hydrogens is 346 g/mol. The molecule has 0 saturated heterocycles. The van der Waals surface area contributed by atoms with Crippen LogP contribution in [0.3, 0.4) is 0 Å². The third kappa shape index (κ3) is 6.24. The topological polar surface area (TPSA) is 73.1 Å². The van der Waals surface area contributed by atoms with E-state index in [0.29, 0.717) is 12.5 Å². The number of guanidine groups is 1. The number of hydrogen-bond donors (Lipinski definition) is 2. The van der Waals surface area contributed by atoms with Crippen LogP contribution in [-0.4, -0.2) is 17.5 Å². The molecule has 1 aromatic carbocycles. The minimum atomic E-state index is 0.475. The van der Waals surface area contributed by atoms with Gasteiger partial charge in [-0.3, -0.25) is 15.3 Å². The van der Waals surface area contributed by atoms with Crippen molar-refractivity contribution in [2.75, 3.05) is 11.9 Å². The number of aliphatic imine (C=N–C) groups is 1. The molecule has 0 unspecified atom stereocenters. The molecule has 0 aliphatic carbocycles. The molecular formula is C23H29N5. The van der Waals surface area contributed by atoms with Crippen LogP contribution < -0.4 is 10.6 Å². The third-order valence-corrected chi connectivity index (χ3v) is 4.35. The first-order valence-corrected chi connectivity index (χ1v) is 9.87. The Morgan fingerprint density at radius 1 is 1.21 bits per heavy atom. The molecule has 2 aromatic rings. The van der Waals surface area contributed by atoms with Gasteiger partial charge in [-0.05, 0) is 48.6 Å². The van der Waals surface area contributed by atoms with E-state index in [1.54, 1.807) is 6.20 Å². The number of nitrogens with zero attached hydrogens (tertiary/aromatic N) is 3. The molecule has 0 amide bonds. The third-order valence-electron chi connectivity index (χ3n) is 4.35. The highest BCUT2D eigenvalue weighted by Gasteiger charge is 2.09. The second-order valence-corrected chi connectivity index (χ2v) is 6.62. The summed E-state index contributed by atoms with van der Waals surface area (Å²) in [7, 11) is 0. The highest BCUT2D eigenvalue weighted by molar-refractivity contribution is 5.96. The van der Waals surface area contributed by atoms with E-state index in [2.05, 4.69) is 64.8 Å². The number of aromatic nitrogens is 1. The molecule has 146 valence electrons. The maximum atomic E-state index is 9.00. The van der Waals surface area contributed by atoms with E-state index in [-0.39, 0.29) is 0 Å². The molecule has 0 spiro atoms. The zero-order valence-electron chi connectivity index (χ0n) is 17.0. The average molecular weight is 376 g/mol. The molecule has 0 aliphatic rings. The molecule has 5 nitrogen and oxygen atoms in total. The molecule has 5 heteroatoms. The Morgan fingerprint density at radius 3 is 2.75 bits per heavy atom. The van der Waals surface area contributed by atoms with Crippen LogP contribution in [0, 0.1) is 18.4 Å². The SMILES string of the molecule is CCCCC=C(c1cccnc1)c1ccc(C)c(NC(=NCCC)NC#N)c1. The van der Waals surface area contributed by atoms with Crippen molar-refractivity contribution in [3.63, 3.8) is 0 Å². The van der Waals surface area contributed by atoms with Crippen molar-refractivity contribution in [3.05, 3.63) is 65.5 Å². The van der Waals surface area contributed by atoms with Gasteiger partial charge >= 0.3 is 0 Å². The lowest BCUT2D eigenvalue weighted by Gasteiger charge is -2.15. The first-order chi connectivity index (χ1) is 13.7. The number of allylic oxidation sites excluding steroid dienone is 1. The Labute approximate surface area is 168 Å². The lowest BCUT2D eigenvalue weighted by Crippen LogP contribution is -2.27. The van der Waals surface area contributed by atoms with Crippen LogP contribution in [0.4, 0.5) is 5.69 Å². The van der Waals surface area contributed by atoms with E-state index in [1.165, 1.54) is 5.57 Å². The van der Waals surface area contributed by atoms with Crippen molar-refractivity contribution >= 4 is 17.2 Å². The summed E-state index contributed by atoms with van der Waals surface area (Å²) in [5.74, 6) is 0.475. The lowest BCUT2D eigenvalue weighted by molar-refractivity contribution is 0.815. The standard InChI is InChI=1S/C23H29N5/c1-4-6-7-10-21(20-9-8-14-25-16-20)19-12-11-18(3)22(15-19)28-23(27-17-24)26-13-5-2/h8-12,14-16H,4-7,13H2,1-3H3,(H2,26,27,28). The van der Waals surface area contributed by atoms with E-state index >= 15 is 0 Å². The number of unbranched alkanes of at least 4 members (excludes halogenated alkanes) is 2. The summed E-state index contributed by atoms with van der Waals surface area (Å²) in [4.78, 5) is 8.69. The molecule has 2 N–H and O–H groups in total. The van der Waals surface area contributed by atoms with Gasteiger partial charge in [-0.25, -0.2) is 0 Å². The average Bonchev–Trinajstić information content (AvgIpc) is 2.72. The van der Waals surface area contributed by atoms with Crippen molar-refractivity contribution in [3.8, 4) is 6.19 Å². The zero-order chi connectivity index (χ0) is 20.2. The first kappa shape index (κ1) is 21.2. The summed E-state index contributed by atoms with van der Waals surface area (Å²) in [5.41, 5.74) is 5.41. The van der Waals surface area contributed by atoms with Crippen LogP contribution in [0.5, 0.6) is 0 Å². The largest absolute Gasteiger partial charge is 0.325 e. The molecule has 0 atom stereocenters. The van der Waals surface area contributed by atoms with E-state index in [0.717, 1.165) is 48.1 Å². The zero-order valence-corrected chi connectivity index (χ0v) is 17.0.